The van der Waals surface area contributed by atoms with Gasteiger partial charge in [0, 0.05) is 33.1 Å². The molecular formula is C16H31N3O3. The molecule has 0 aromatic heterocycles. The number of amides is 2. The van der Waals surface area contributed by atoms with Gasteiger partial charge in [-0.1, -0.05) is 27.7 Å². The molecule has 6 nitrogen and oxygen atoms in total. The summed E-state index contributed by atoms with van der Waals surface area (Å²) in [5.74, 6) is 0.340. The van der Waals surface area contributed by atoms with E-state index in [0.29, 0.717) is 19.1 Å². The predicted molar refractivity (Wildman–Crippen MR) is 86.5 cm³/mol. The van der Waals surface area contributed by atoms with Crippen LogP contribution in [0.15, 0.2) is 0 Å². The Morgan fingerprint density at radius 1 is 1.27 bits per heavy atom. The summed E-state index contributed by atoms with van der Waals surface area (Å²) >= 11 is 0. The van der Waals surface area contributed by atoms with Crippen molar-refractivity contribution in [2.75, 3.05) is 32.8 Å². The number of morpholine rings is 1. The third kappa shape index (κ3) is 6.75. The van der Waals surface area contributed by atoms with Gasteiger partial charge in [-0.15, -0.1) is 0 Å². The van der Waals surface area contributed by atoms with Crippen LogP contribution >= 0.6 is 0 Å². The Hall–Kier alpha value is -1.14. The van der Waals surface area contributed by atoms with E-state index in [9.17, 15) is 9.59 Å². The summed E-state index contributed by atoms with van der Waals surface area (Å²) < 4.78 is 5.72. The topological polar surface area (TPSA) is 70.7 Å². The first kappa shape index (κ1) is 18.9. The first-order valence-electron chi connectivity index (χ1n) is 8.18. The fourth-order valence-corrected chi connectivity index (χ4v) is 2.66. The second-order valence-corrected chi connectivity index (χ2v) is 6.81. The van der Waals surface area contributed by atoms with E-state index in [4.69, 9.17) is 4.74 Å². The average Bonchev–Trinajstić information content (AvgIpc) is 2.41. The molecule has 0 radical (unpaired) electrons. The van der Waals surface area contributed by atoms with E-state index < -0.39 is 6.04 Å². The summed E-state index contributed by atoms with van der Waals surface area (Å²) in [6.45, 7) is 13.7. The standard InChI is InChI=1S/C16H31N3O3/c1-11(2)9-19-6-7-22-14(10-19)8-17-16(21)15(12(3)4)18-13(5)20/h11-12,14-15H,6-10H2,1-5H3,(H,17,21)(H,18,20)/t14-,15+/m0/s1. The Morgan fingerprint density at radius 2 is 1.95 bits per heavy atom. The normalized spacial score (nSPS) is 21.0. The number of ether oxygens (including phenoxy) is 1. The van der Waals surface area contributed by atoms with Gasteiger partial charge < -0.3 is 15.4 Å². The van der Waals surface area contributed by atoms with Crippen molar-refractivity contribution in [1.82, 2.24) is 15.5 Å². The quantitative estimate of drug-likeness (QED) is 0.723. The Bertz CT molecular complexity index is 372. The molecule has 0 unspecified atom stereocenters. The van der Waals surface area contributed by atoms with E-state index in [0.717, 1.165) is 19.6 Å². The number of nitrogens with one attached hydrogen (secondary N) is 2. The summed E-state index contributed by atoms with van der Waals surface area (Å²) in [4.78, 5) is 25.8. The molecule has 1 heterocycles. The number of rotatable bonds is 7. The van der Waals surface area contributed by atoms with E-state index in [1.54, 1.807) is 0 Å². The van der Waals surface area contributed by atoms with Crippen molar-refractivity contribution in [3.8, 4) is 0 Å². The minimum absolute atomic E-state index is 0.0154. The Labute approximate surface area is 134 Å². The monoisotopic (exact) mass is 313 g/mol. The molecule has 22 heavy (non-hydrogen) atoms. The van der Waals surface area contributed by atoms with Crippen molar-refractivity contribution < 1.29 is 14.3 Å². The van der Waals surface area contributed by atoms with E-state index >= 15 is 0 Å². The van der Waals surface area contributed by atoms with Crippen LogP contribution in [0.1, 0.15) is 34.6 Å². The molecule has 2 atom stereocenters. The highest BCUT2D eigenvalue weighted by Crippen LogP contribution is 2.08. The molecule has 0 saturated carbocycles. The lowest BCUT2D eigenvalue weighted by Crippen LogP contribution is -2.53. The SMILES string of the molecule is CC(=O)N[C@@H](C(=O)NC[C@H]1CN(CC(C)C)CCO1)C(C)C. The fourth-order valence-electron chi connectivity index (χ4n) is 2.66. The van der Waals surface area contributed by atoms with Crippen molar-refractivity contribution in [3.63, 3.8) is 0 Å². The third-order valence-corrected chi connectivity index (χ3v) is 3.66. The number of carbonyl (C=O) groups excluding carboxylic acids is 2. The highest BCUT2D eigenvalue weighted by Gasteiger charge is 2.25. The molecule has 1 aliphatic heterocycles. The molecule has 0 aromatic carbocycles. The van der Waals surface area contributed by atoms with Crippen LogP contribution in [0, 0.1) is 11.8 Å². The number of hydrogen-bond donors (Lipinski definition) is 2. The molecule has 0 aliphatic carbocycles. The predicted octanol–water partition coefficient (Wildman–Crippen LogP) is 0.620. The lowest BCUT2D eigenvalue weighted by molar-refractivity contribution is -0.129. The lowest BCUT2D eigenvalue weighted by atomic mass is 10.0. The van der Waals surface area contributed by atoms with E-state index in [1.165, 1.54) is 6.92 Å². The van der Waals surface area contributed by atoms with Crippen LogP contribution in [0.2, 0.25) is 0 Å². The van der Waals surface area contributed by atoms with E-state index in [2.05, 4.69) is 29.4 Å². The number of hydrogen-bond acceptors (Lipinski definition) is 4. The molecule has 0 aromatic rings. The summed E-state index contributed by atoms with van der Waals surface area (Å²) in [7, 11) is 0. The zero-order valence-electron chi connectivity index (χ0n) is 14.5. The zero-order chi connectivity index (χ0) is 16.7. The minimum atomic E-state index is -0.493. The van der Waals surface area contributed by atoms with Gasteiger partial charge in [0.15, 0.2) is 0 Å². The van der Waals surface area contributed by atoms with Gasteiger partial charge >= 0.3 is 0 Å². The number of carbonyl (C=O) groups is 2. The molecule has 1 rings (SSSR count). The lowest BCUT2D eigenvalue weighted by Gasteiger charge is -2.34. The molecular weight excluding hydrogens is 282 g/mol. The van der Waals surface area contributed by atoms with Gasteiger partial charge in [0.25, 0.3) is 0 Å². The first-order valence-corrected chi connectivity index (χ1v) is 8.18. The van der Waals surface area contributed by atoms with Crippen LogP contribution in [0.25, 0.3) is 0 Å². The summed E-state index contributed by atoms with van der Waals surface area (Å²) in [6, 6.07) is -0.493. The summed E-state index contributed by atoms with van der Waals surface area (Å²) in [5.41, 5.74) is 0. The Kier molecular flexibility index (Phi) is 7.82. The highest BCUT2D eigenvalue weighted by atomic mass is 16.5. The molecule has 128 valence electrons. The molecule has 2 N–H and O–H groups in total. The maximum absolute atomic E-state index is 12.2. The van der Waals surface area contributed by atoms with Crippen molar-refractivity contribution in [3.05, 3.63) is 0 Å². The van der Waals surface area contributed by atoms with Crippen LogP contribution < -0.4 is 10.6 Å². The summed E-state index contributed by atoms with van der Waals surface area (Å²) in [6.07, 6.45) is 0.0154. The molecule has 6 heteroatoms. The molecule has 0 bridgehead atoms. The second kappa shape index (κ2) is 9.10. The highest BCUT2D eigenvalue weighted by molar-refractivity contribution is 5.87. The maximum atomic E-state index is 12.2. The van der Waals surface area contributed by atoms with Gasteiger partial charge in [-0.05, 0) is 11.8 Å². The van der Waals surface area contributed by atoms with Gasteiger partial charge in [0.1, 0.15) is 6.04 Å². The molecule has 1 saturated heterocycles. The number of nitrogens with zero attached hydrogens (tertiary/aromatic N) is 1. The molecule has 1 fully saturated rings. The van der Waals surface area contributed by atoms with E-state index in [-0.39, 0.29) is 23.8 Å². The Balaban J connectivity index is 2.43. The minimum Gasteiger partial charge on any atom is -0.374 e. The van der Waals surface area contributed by atoms with Gasteiger partial charge in [0.05, 0.1) is 12.7 Å². The van der Waals surface area contributed by atoms with Crippen LogP contribution in [-0.4, -0.2) is 61.6 Å². The van der Waals surface area contributed by atoms with Crippen molar-refractivity contribution in [2.45, 2.75) is 46.8 Å². The zero-order valence-corrected chi connectivity index (χ0v) is 14.5. The van der Waals surface area contributed by atoms with Crippen LogP contribution in [-0.2, 0) is 14.3 Å². The van der Waals surface area contributed by atoms with Crippen molar-refractivity contribution in [2.24, 2.45) is 11.8 Å². The largest absolute Gasteiger partial charge is 0.374 e. The van der Waals surface area contributed by atoms with Crippen molar-refractivity contribution >= 4 is 11.8 Å². The second-order valence-electron chi connectivity index (χ2n) is 6.81. The molecule has 1 aliphatic rings. The van der Waals surface area contributed by atoms with Gasteiger partial charge in [-0.2, -0.15) is 0 Å². The van der Waals surface area contributed by atoms with E-state index in [1.807, 2.05) is 13.8 Å². The van der Waals surface area contributed by atoms with Gasteiger partial charge in [-0.3, -0.25) is 14.5 Å². The van der Waals surface area contributed by atoms with Crippen molar-refractivity contribution in [1.29, 1.82) is 0 Å². The molecule has 0 spiro atoms. The Morgan fingerprint density at radius 3 is 2.50 bits per heavy atom. The van der Waals surface area contributed by atoms with Crippen LogP contribution in [0.3, 0.4) is 0 Å². The molecule has 2 amide bonds. The summed E-state index contributed by atoms with van der Waals surface area (Å²) in [5, 5.41) is 5.61. The fraction of sp³-hybridized carbons (Fsp3) is 0.875. The maximum Gasteiger partial charge on any atom is 0.242 e. The third-order valence-electron chi connectivity index (χ3n) is 3.66. The smallest absolute Gasteiger partial charge is 0.242 e. The average molecular weight is 313 g/mol. The van der Waals surface area contributed by atoms with Gasteiger partial charge in [0.2, 0.25) is 11.8 Å². The van der Waals surface area contributed by atoms with Crippen LogP contribution in [0.5, 0.6) is 0 Å². The van der Waals surface area contributed by atoms with Crippen LogP contribution in [0.4, 0.5) is 0 Å². The first-order chi connectivity index (χ1) is 10.3. The van der Waals surface area contributed by atoms with Gasteiger partial charge in [-0.25, -0.2) is 0 Å².